The van der Waals surface area contributed by atoms with Crippen LogP contribution in [0.3, 0.4) is 0 Å². The Balaban J connectivity index is 1.61. The summed E-state index contributed by atoms with van der Waals surface area (Å²) >= 11 is 0. The van der Waals surface area contributed by atoms with E-state index in [9.17, 15) is 22.8 Å². The molecule has 6 nitrogen and oxygen atoms in total. The highest BCUT2D eigenvalue weighted by atomic mass is 19.4. The monoisotopic (exact) mass is 466 g/mol. The van der Waals surface area contributed by atoms with Crippen LogP contribution in [0.15, 0.2) is 65.7 Å². The summed E-state index contributed by atoms with van der Waals surface area (Å²) in [7, 11) is 1.62. The van der Waals surface area contributed by atoms with Crippen LogP contribution in [0, 0.1) is 13.8 Å². The zero-order chi connectivity index (χ0) is 24.6. The molecule has 1 amide bonds. The second-order valence-electron chi connectivity index (χ2n) is 8.03. The molecule has 0 aliphatic rings. The molecule has 0 saturated carbocycles. The van der Waals surface area contributed by atoms with Crippen molar-refractivity contribution in [3.63, 3.8) is 0 Å². The number of nitrogens with zero attached hydrogens (tertiary/aromatic N) is 2. The fourth-order valence-corrected chi connectivity index (χ4v) is 3.52. The number of aromatic nitrogens is 2. The van der Waals surface area contributed by atoms with Crippen LogP contribution in [0.5, 0.6) is 0 Å². The van der Waals surface area contributed by atoms with Crippen molar-refractivity contribution in [2.75, 3.05) is 10.6 Å². The number of carbonyl (C=O) groups excluding carboxylic acids is 1. The van der Waals surface area contributed by atoms with E-state index >= 15 is 0 Å². The van der Waals surface area contributed by atoms with Gasteiger partial charge in [0.25, 0.3) is 11.5 Å². The van der Waals surface area contributed by atoms with E-state index in [4.69, 9.17) is 0 Å². The van der Waals surface area contributed by atoms with Gasteiger partial charge < -0.3 is 15.2 Å². The first-order valence-electron chi connectivity index (χ1n) is 10.4. The van der Waals surface area contributed by atoms with Crippen LogP contribution >= 0.6 is 0 Å². The molecule has 0 aliphatic carbocycles. The van der Waals surface area contributed by atoms with Crippen LogP contribution in [0.2, 0.25) is 0 Å². The van der Waals surface area contributed by atoms with Crippen LogP contribution in [0.4, 0.5) is 30.2 Å². The van der Waals surface area contributed by atoms with E-state index < -0.39 is 17.6 Å². The van der Waals surface area contributed by atoms with Crippen LogP contribution in [0.25, 0.3) is 10.9 Å². The predicted octanol–water partition coefficient (Wildman–Crippen LogP) is 5.57. The second kappa shape index (κ2) is 8.66. The molecular weight excluding hydrogens is 445 g/mol. The van der Waals surface area contributed by atoms with Crippen molar-refractivity contribution in [3.8, 4) is 0 Å². The molecule has 0 radical (unpaired) electrons. The number of rotatable bonds is 4. The molecule has 0 unspecified atom stereocenters. The number of aryl methyl sites for hydroxylation is 3. The van der Waals surface area contributed by atoms with Crippen molar-refractivity contribution in [1.29, 1.82) is 0 Å². The van der Waals surface area contributed by atoms with Gasteiger partial charge in [0.1, 0.15) is 0 Å². The van der Waals surface area contributed by atoms with E-state index in [0.717, 1.165) is 17.7 Å². The minimum Gasteiger partial charge on any atom is -0.355 e. The van der Waals surface area contributed by atoms with Gasteiger partial charge in [-0.15, -0.1) is 0 Å². The normalized spacial score (nSPS) is 11.5. The third-order valence-corrected chi connectivity index (χ3v) is 5.50. The zero-order valence-corrected chi connectivity index (χ0v) is 18.6. The lowest BCUT2D eigenvalue weighted by atomic mass is 10.0. The molecule has 4 rings (SSSR count). The molecule has 0 saturated heterocycles. The maximum Gasteiger partial charge on any atom is 0.416 e. The highest BCUT2D eigenvalue weighted by Crippen LogP contribution is 2.31. The smallest absolute Gasteiger partial charge is 0.355 e. The Labute approximate surface area is 193 Å². The molecule has 0 spiro atoms. The number of carbonyl (C=O) groups is 1. The molecule has 1 heterocycles. The minimum atomic E-state index is -4.54. The number of amides is 1. The summed E-state index contributed by atoms with van der Waals surface area (Å²) in [6, 6.07) is 13.4. The maximum absolute atomic E-state index is 13.1. The molecule has 2 N–H and O–H groups in total. The molecule has 174 valence electrons. The highest BCUT2D eigenvalue weighted by Gasteiger charge is 2.31. The van der Waals surface area contributed by atoms with Gasteiger partial charge in [-0.3, -0.25) is 9.59 Å². The van der Waals surface area contributed by atoms with Gasteiger partial charge in [-0.2, -0.15) is 13.2 Å². The number of anilines is 3. The van der Waals surface area contributed by atoms with Gasteiger partial charge in [-0.25, -0.2) is 4.98 Å². The average Bonchev–Trinajstić information content (AvgIpc) is 2.78. The van der Waals surface area contributed by atoms with Crippen LogP contribution in [0.1, 0.15) is 27.0 Å². The van der Waals surface area contributed by atoms with Crippen molar-refractivity contribution >= 4 is 33.9 Å². The number of halogens is 3. The molecule has 0 fully saturated rings. The van der Waals surface area contributed by atoms with Crippen molar-refractivity contribution in [2.45, 2.75) is 20.0 Å². The van der Waals surface area contributed by atoms with E-state index in [0.29, 0.717) is 33.5 Å². The topological polar surface area (TPSA) is 76.0 Å². The Morgan fingerprint density at radius 3 is 2.38 bits per heavy atom. The molecule has 4 aromatic rings. The molecule has 1 aromatic heterocycles. The number of benzene rings is 3. The summed E-state index contributed by atoms with van der Waals surface area (Å²) in [6.45, 7) is 3.45. The number of fused-ring (bicyclic) bond motifs is 1. The predicted molar refractivity (Wildman–Crippen MR) is 126 cm³/mol. The zero-order valence-electron chi connectivity index (χ0n) is 18.6. The van der Waals surface area contributed by atoms with Gasteiger partial charge in [0.05, 0.1) is 22.8 Å². The van der Waals surface area contributed by atoms with Gasteiger partial charge in [0.2, 0.25) is 0 Å². The van der Waals surface area contributed by atoms with Gasteiger partial charge in [-0.1, -0.05) is 12.1 Å². The van der Waals surface area contributed by atoms with Crippen molar-refractivity contribution in [1.82, 2.24) is 9.55 Å². The Kier molecular flexibility index (Phi) is 5.87. The molecular formula is C25H21F3N4O2. The van der Waals surface area contributed by atoms with Gasteiger partial charge in [0, 0.05) is 29.7 Å². The first-order chi connectivity index (χ1) is 16.0. The quantitative estimate of drug-likeness (QED) is 0.413. The molecule has 34 heavy (non-hydrogen) atoms. The van der Waals surface area contributed by atoms with E-state index in [1.807, 2.05) is 6.92 Å². The van der Waals surface area contributed by atoms with Crippen LogP contribution in [-0.4, -0.2) is 15.5 Å². The Hall–Kier alpha value is -4.14. The molecule has 9 heteroatoms. The minimum absolute atomic E-state index is 0.0530. The number of hydrogen-bond acceptors (Lipinski definition) is 4. The highest BCUT2D eigenvalue weighted by molar-refractivity contribution is 6.05. The Bertz CT molecular complexity index is 1480. The maximum atomic E-state index is 13.1. The van der Waals surface area contributed by atoms with E-state index in [-0.39, 0.29) is 11.1 Å². The van der Waals surface area contributed by atoms with E-state index in [1.54, 1.807) is 50.4 Å². The summed E-state index contributed by atoms with van der Waals surface area (Å²) in [5.74, 6) is -0.640. The summed E-state index contributed by atoms with van der Waals surface area (Å²) in [5.41, 5.74) is 2.49. The number of hydrogen-bond donors (Lipinski definition) is 2. The first-order valence-corrected chi connectivity index (χ1v) is 10.4. The lowest BCUT2D eigenvalue weighted by molar-refractivity contribution is -0.137. The third-order valence-electron chi connectivity index (χ3n) is 5.50. The number of nitrogens with one attached hydrogen (secondary N) is 2. The van der Waals surface area contributed by atoms with Gasteiger partial charge in [-0.05, 0) is 67.4 Å². The number of alkyl halides is 3. The Morgan fingerprint density at radius 1 is 0.941 bits per heavy atom. The van der Waals surface area contributed by atoms with Crippen molar-refractivity contribution in [3.05, 3.63) is 93.5 Å². The molecule has 0 atom stereocenters. The average molecular weight is 466 g/mol. The fraction of sp³-hybridized carbons (Fsp3) is 0.160. The SMILES string of the molecule is Cc1ccc(NC(=O)c2cc(C(F)(F)F)ccc2C)cc1Nc1ccc2ncn(C)c(=O)c2c1. The van der Waals surface area contributed by atoms with Crippen LogP contribution < -0.4 is 16.2 Å². The second-order valence-corrected chi connectivity index (χ2v) is 8.03. The first kappa shape index (κ1) is 23.0. The summed E-state index contributed by atoms with van der Waals surface area (Å²) in [5, 5.41) is 6.35. The molecule has 0 bridgehead atoms. The third kappa shape index (κ3) is 4.63. The summed E-state index contributed by atoms with van der Waals surface area (Å²) in [6.07, 6.45) is -3.08. The fourth-order valence-electron chi connectivity index (χ4n) is 3.52. The summed E-state index contributed by atoms with van der Waals surface area (Å²) < 4.78 is 40.6. The lowest BCUT2D eigenvalue weighted by Gasteiger charge is -2.14. The van der Waals surface area contributed by atoms with E-state index in [1.165, 1.54) is 17.0 Å². The summed E-state index contributed by atoms with van der Waals surface area (Å²) in [4.78, 5) is 29.4. The lowest BCUT2D eigenvalue weighted by Crippen LogP contribution is -2.17. The largest absolute Gasteiger partial charge is 0.416 e. The van der Waals surface area contributed by atoms with Crippen LogP contribution in [-0.2, 0) is 13.2 Å². The van der Waals surface area contributed by atoms with Crippen molar-refractivity contribution in [2.24, 2.45) is 7.05 Å². The van der Waals surface area contributed by atoms with E-state index in [2.05, 4.69) is 15.6 Å². The van der Waals surface area contributed by atoms with Crippen molar-refractivity contribution < 1.29 is 18.0 Å². The molecule has 0 aliphatic heterocycles. The molecule has 3 aromatic carbocycles. The van der Waals surface area contributed by atoms with Gasteiger partial charge in [0.15, 0.2) is 0 Å². The standard InChI is InChI=1S/C25H21F3N4O2/c1-14-4-6-16(25(26,27)28)10-19(14)23(33)31-18-7-5-15(2)22(12-18)30-17-8-9-21-20(11-17)24(34)32(3)13-29-21/h4-13,30H,1-3H3,(H,31,33). The Morgan fingerprint density at radius 2 is 1.65 bits per heavy atom. The van der Waals surface area contributed by atoms with Gasteiger partial charge >= 0.3 is 6.18 Å².